The fourth-order valence-corrected chi connectivity index (χ4v) is 1.70. The van der Waals surface area contributed by atoms with Gasteiger partial charge in [-0.05, 0) is 34.1 Å². The number of nitrogens with zero attached hydrogens (tertiary/aromatic N) is 3. The van der Waals surface area contributed by atoms with Gasteiger partial charge in [-0.25, -0.2) is 9.37 Å². The van der Waals surface area contributed by atoms with Gasteiger partial charge in [-0.1, -0.05) is 0 Å². The van der Waals surface area contributed by atoms with Crippen LogP contribution in [0.4, 0.5) is 10.1 Å². The van der Waals surface area contributed by atoms with Crippen molar-refractivity contribution in [1.82, 2.24) is 4.98 Å². The SMILES string of the molecule is N#Cc1ccc(Oc2ncc(Br)cc2[N+](=O)[O-])c(F)c1. The lowest BCUT2D eigenvalue weighted by atomic mass is 10.2. The second kappa shape index (κ2) is 5.63. The van der Waals surface area contributed by atoms with Crippen molar-refractivity contribution in [3.63, 3.8) is 0 Å². The zero-order valence-electron chi connectivity index (χ0n) is 9.71. The fraction of sp³-hybridized carbons (Fsp3) is 0. The summed E-state index contributed by atoms with van der Waals surface area (Å²) in [7, 11) is 0. The van der Waals surface area contributed by atoms with Crippen LogP contribution in [-0.2, 0) is 0 Å². The molecule has 8 heteroatoms. The van der Waals surface area contributed by atoms with Gasteiger partial charge in [-0.2, -0.15) is 5.26 Å². The fourth-order valence-electron chi connectivity index (χ4n) is 1.38. The maximum absolute atomic E-state index is 13.7. The Morgan fingerprint density at radius 2 is 2.20 bits per heavy atom. The summed E-state index contributed by atoms with van der Waals surface area (Å²) >= 11 is 3.05. The van der Waals surface area contributed by atoms with Crippen LogP contribution in [0.15, 0.2) is 34.9 Å². The molecule has 6 nitrogen and oxygen atoms in total. The van der Waals surface area contributed by atoms with Gasteiger partial charge in [0.2, 0.25) is 0 Å². The molecule has 0 aliphatic rings. The lowest BCUT2D eigenvalue weighted by Gasteiger charge is -2.06. The molecular formula is C12H5BrFN3O3. The summed E-state index contributed by atoms with van der Waals surface area (Å²) in [6.45, 7) is 0. The molecule has 0 aliphatic carbocycles. The van der Waals surface area contributed by atoms with Crippen LogP contribution in [0, 0.1) is 27.3 Å². The number of hydrogen-bond donors (Lipinski definition) is 0. The van der Waals surface area contributed by atoms with Crippen molar-refractivity contribution in [2.75, 3.05) is 0 Å². The molecule has 1 aromatic heterocycles. The molecular weight excluding hydrogens is 333 g/mol. The van der Waals surface area contributed by atoms with Gasteiger partial charge in [0.05, 0.1) is 16.6 Å². The zero-order chi connectivity index (χ0) is 14.7. The number of ether oxygens (including phenoxy) is 1. The summed E-state index contributed by atoms with van der Waals surface area (Å²) in [4.78, 5) is 13.9. The van der Waals surface area contributed by atoms with E-state index in [9.17, 15) is 14.5 Å². The first kappa shape index (κ1) is 13.9. The van der Waals surface area contributed by atoms with E-state index >= 15 is 0 Å². The monoisotopic (exact) mass is 337 g/mol. The van der Waals surface area contributed by atoms with Gasteiger partial charge in [0.15, 0.2) is 11.6 Å². The molecule has 0 N–H and O–H groups in total. The Morgan fingerprint density at radius 1 is 1.45 bits per heavy atom. The first-order chi connectivity index (χ1) is 9.51. The molecule has 0 radical (unpaired) electrons. The first-order valence-electron chi connectivity index (χ1n) is 5.18. The molecule has 0 atom stereocenters. The van der Waals surface area contributed by atoms with Gasteiger partial charge in [0, 0.05) is 16.7 Å². The Bertz CT molecular complexity index is 730. The Hall–Kier alpha value is -2.53. The Morgan fingerprint density at radius 3 is 2.80 bits per heavy atom. The van der Waals surface area contributed by atoms with Crippen LogP contribution < -0.4 is 4.74 Å². The summed E-state index contributed by atoms with van der Waals surface area (Å²) in [5, 5.41) is 19.5. The maximum Gasteiger partial charge on any atom is 0.332 e. The summed E-state index contributed by atoms with van der Waals surface area (Å²) in [6.07, 6.45) is 1.30. The molecule has 2 aromatic rings. The summed E-state index contributed by atoms with van der Waals surface area (Å²) in [5.41, 5.74) is -0.281. The smallest absolute Gasteiger partial charge is 0.332 e. The largest absolute Gasteiger partial charge is 0.431 e. The molecule has 1 heterocycles. The van der Waals surface area contributed by atoms with E-state index in [0.29, 0.717) is 4.47 Å². The van der Waals surface area contributed by atoms with E-state index in [4.69, 9.17) is 10.00 Å². The van der Waals surface area contributed by atoms with Crippen molar-refractivity contribution >= 4 is 21.6 Å². The summed E-state index contributed by atoms with van der Waals surface area (Å²) < 4.78 is 19.1. The summed E-state index contributed by atoms with van der Waals surface area (Å²) in [5.74, 6) is -1.38. The van der Waals surface area contributed by atoms with Crippen LogP contribution in [0.3, 0.4) is 0 Å². The number of pyridine rings is 1. The molecule has 1 aromatic carbocycles. The van der Waals surface area contributed by atoms with Crippen LogP contribution in [0.1, 0.15) is 5.56 Å². The van der Waals surface area contributed by atoms with Crippen LogP contribution in [-0.4, -0.2) is 9.91 Å². The van der Waals surface area contributed by atoms with Gasteiger partial charge in [0.1, 0.15) is 0 Å². The van der Waals surface area contributed by atoms with Crippen molar-refractivity contribution in [3.05, 3.63) is 56.4 Å². The maximum atomic E-state index is 13.7. The van der Waals surface area contributed by atoms with Crippen LogP contribution in [0.25, 0.3) is 0 Å². The van der Waals surface area contributed by atoms with Crippen LogP contribution in [0.5, 0.6) is 11.6 Å². The molecule has 0 spiro atoms. The highest BCUT2D eigenvalue weighted by Crippen LogP contribution is 2.32. The third kappa shape index (κ3) is 2.89. The highest BCUT2D eigenvalue weighted by Gasteiger charge is 2.19. The van der Waals surface area contributed by atoms with Gasteiger partial charge >= 0.3 is 5.69 Å². The number of benzene rings is 1. The molecule has 0 unspecified atom stereocenters. The highest BCUT2D eigenvalue weighted by molar-refractivity contribution is 9.10. The van der Waals surface area contributed by atoms with Crippen LogP contribution in [0.2, 0.25) is 0 Å². The minimum absolute atomic E-state index is 0.119. The number of aromatic nitrogens is 1. The quantitative estimate of drug-likeness (QED) is 0.631. The average Bonchev–Trinajstić information content (AvgIpc) is 2.42. The van der Waals surface area contributed by atoms with E-state index in [0.717, 1.165) is 6.07 Å². The number of nitro groups is 1. The van der Waals surface area contributed by atoms with E-state index in [1.165, 1.54) is 24.4 Å². The van der Waals surface area contributed by atoms with E-state index in [2.05, 4.69) is 20.9 Å². The third-order valence-electron chi connectivity index (χ3n) is 2.26. The van der Waals surface area contributed by atoms with Gasteiger partial charge in [0.25, 0.3) is 5.88 Å². The second-order valence-corrected chi connectivity index (χ2v) is 4.51. The van der Waals surface area contributed by atoms with Crippen molar-refractivity contribution in [2.24, 2.45) is 0 Å². The number of halogens is 2. The number of nitriles is 1. The van der Waals surface area contributed by atoms with E-state index in [1.807, 2.05) is 0 Å². The minimum atomic E-state index is -0.803. The van der Waals surface area contributed by atoms with Gasteiger partial charge in [-0.3, -0.25) is 10.1 Å². The number of rotatable bonds is 3. The van der Waals surface area contributed by atoms with Gasteiger partial charge < -0.3 is 4.74 Å². The van der Waals surface area contributed by atoms with E-state index in [1.54, 1.807) is 6.07 Å². The number of hydrogen-bond acceptors (Lipinski definition) is 5. The normalized spacial score (nSPS) is 9.85. The predicted octanol–water partition coefficient (Wildman–Crippen LogP) is 3.56. The van der Waals surface area contributed by atoms with Crippen molar-refractivity contribution in [2.45, 2.75) is 0 Å². The van der Waals surface area contributed by atoms with Crippen molar-refractivity contribution in [1.29, 1.82) is 5.26 Å². The molecule has 0 bridgehead atoms. The van der Waals surface area contributed by atoms with Gasteiger partial charge in [-0.15, -0.1) is 0 Å². The first-order valence-corrected chi connectivity index (χ1v) is 5.98. The molecule has 100 valence electrons. The predicted molar refractivity (Wildman–Crippen MR) is 69.8 cm³/mol. The minimum Gasteiger partial charge on any atom is -0.431 e. The molecule has 2 rings (SSSR count). The summed E-state index contributed by atoms with van der Waals surface area (Å²) in [6, 6.07) is 6.49. The molecule has 0 aliphatic heterocycles. The van der Waals surface area contributed by atoms with E-state index in [-0.39, 0.29) is 17.2 Å². The molecule has 0 saturated heterocycles. The Balaban J connectivity index is 2.40. The zero-order valence-corrected chi connectivity index (χ0v) is 11.3. The van der Waals surface area contributed by atoms with Crippen molar-refractivity contribution in [3.8, 4) is 17.7 Å². The van der Waals surface area contributed by atoms with E-state index < -0.39 is 16.4 Å². The van der Waals surface area contributed by atoms with Crippen molar-refractivity contribution < 1.29 is 14.1 Å². The lowest BCUT2D eigenvalue weighted by molar-refractivity contribution is -0.386. The van der Waals surface area contributed by atoms with Crippen LogP contribution >= 0.6 is 15.9 Å². The highest BCUT2D eigenvalue weighted by atomic mass is 79.9. The topological polar surface area (TPSA) is 89.0 Å². The second-order valence-electron chi connectivity index (χ2n) is 3.59. The Kier molecular flexibility index (Phi) is 3.91. The molecule has 0 saturated carbocycles. The standard InChI is InChI=1S/C12H5BrFN3O3/c13-8-4-10(17(18)19)12(16-6-8)20-11-2-1-7(5-15)3-9(11)14/h1-4,6H. The molecule has 0 amide bonds. The lowest BCUT2D eigenvalue weighted by Crippen LogP contribution is -1.97. The molecule has 0 fully saturated rings. The third-order valence-corrected chi connectivity index (χ3v) is 2.70. The average molecular weight is 338 g/mol. The Labute approximate surface area is 120 Å². The molecule has 20 heavy (non-hydrogen) atoms.